The Labute approximate surface area is 87.3 Å². The number of aromatic nitrogens is 1. The molecule has 0 N–H and O–H groups in total. The summed E-state index contributed by atoms with van der Waals surface area (Å²) in [6, 6.07) is 10.3. The van der Waals surface area contributed by atoms with Crippen molar-refractivity contribution in [3.05, 3.63) is 41.7 Å². The van der Waals surface area contributed by atoms with Crippen molar-refractivity contribution in [1.29, 1.82) is 0 Å². The van der Waals surface area contributed by atoms with Crippen LogP contribution in [-0.4, -0.2) is 5.16 Å². The molecule has 0 amide bonds. The molecule has 0 atom stereocenters. The van der Waals surface area contributed by atoms with Crippen LogP contribution in [0, 0.1) is 13.8 Å². The summed E-state index contributed by atoms with van der Waals surface area (Å²) in [6.45, 7) is 3.97. The van der Waals surface area contributed by atoms with E-state index in [0.29, 0.717) is 0 Å². The van der Waals surface area contributed by atoms with E-state index in [1.165, 1.54) is 10.5 Å². The zero-order chi connectivity index (χ0) is 9.97. The number of hydrogen-bond donors (Lipinski definition) is 0. The van der Waals surface area contributed by atoms with Crippen molar-refractivity contribution < 1.29 is 4.52 Å². The average molecular weight is 205 g/mol. The zero-order valence-electron chi connectivity index (χ0n) is 8.15. The molecule has 3 heteroatoms. The van der Waals surface area contributed by atoms with Gasteiger partial charge in [0.25, 0.3) is 0 Å². The molecule has 1 aromatic carbocycles. The van der Waals surface area contributed by atoms with E-state index in [2.05, 4.69) is 36.3 Å². The van der Waals surface area contributed by atoms with Gasteiger partial charge in [-0.1, -0.05) is 34.6 Å². The highest BCUT2D eigenvalue weighted by atomic mass is 32.2. The highest BCUT2D eigenvalue weighted by Crippen LogP contribution is 2.26. The molecule has 14 heavy (non-hydrogen) atoms. The maximum absolute atomic E-state index is 4.99. The minimum Gasteiger partial charge on any atom is -0.361 e. The Morgan fingerprint density at radius 2 is 1.86 bits per heavy atom. The van der Waals surface area contributed by atoms with E-state index in [-0.39, 0.29) is 0 Å². The van der Waals surface area contributed by atoms with Gasteiger partial charge in [0.1, 0.15) is 10.8 Å². The molecule has 0 fully saturated rings. The molecule has 2 aromatic rings. The van der Waals surface area contributed by atoms with Crippen LogP contribution in [0.4, 0.5) is 0 Å². The summed E-state index contributed by atoms with van der Waals surface area (Å²) in [6.07, 6.45) is 0. The summed E-state index contributed by atoms with van der Waals surface area (Å²) in [5.74, 6) is 0.847. The number of hydrogen-bond acceptors (Lipinski definition) is 3. The molecule has 0 aliphatic carbocycles. The van der Waals surface area contributed by atoms with Crippen molar-refractivity contribution in [3.63, 3.8) is 0 Å². The molecule has 1 aromatic heterocycles. The Bertz CT molecular complexity index is 419. The van der Waals surface area contributed by atoms with Gasteiger partial charge in [-0.2, -0.15) is 0 Å². The van der Waals surface area contributed by atoms with Crippen LogP contribution < -0.4 is 0 Å². The van der Waals surface area contributed by atoms with Crippen molar-refractivity contribution in [2.24, 2.45) is 0 Å². The lowest BCUT2D eigenvalue weighted by molar-refractivity contribution is 0.383. The van der Waals surface area contributed by atoms with Crippen LogP contribution >= 0.6 is 11.8 Å². The molecular formula is C11H11NOS. The van der Waals surface area contributed by atoms with Gasteiger partial charge < -0.3 is 4.52 Å². The van der Waals surface area contributed by atoms with Crippen LogP contribution in [-0.2, 0) is 0 Å². The summed E-state index contributed by atoms with van der Waals surface area (Å²) in [5.41, 5.74) is 1.27. The number of nitrogens with zero attached hydrogens (tertiary/aromatic N) is 1. The van der Waals surface area contributed by atoms with Gasteiger partial charge in [0, 0.05) is 11.0 Å². The minimum absolute atomic E-state index is 0.847. The van der Waals surface area contributed by atoms with E-state index < -0.39 is 0 Å². The van der Waals surface area contributed by atoms with Crippen molar-refractivity contribution in [1.82, 2.24) is 5.16 Å². The largest absolute Gasteiger partial charge is 0.361 e. The molecule has 0 saturated heterocycles. The lowest BCUT2D eigenvalue weighted by Crippen LogP contribution is -1.74. The van der Waals surface area contributed by atoms with Crippen LogP contribution in [0.3, 0.4) is 0 Å². The van der Waals surface area contributed by atoms with Gasteiger partial charge in [0.05, 0.1) is 0 Å². The molecule has 0 spiro atoms. The van der Waals surface area contributed by atoms with E-state index in [0.717, 1.165) is 10.8 Å². The summed E-state index contributed by atoms with van der Waals surface area (Å²) >= 11 is 1.61. The van der Waals surface area contributed by atoms with E-state index in [1.54, 1.807) is 11.8 Å². The molecule has 72 valence electrons. The molecule has 0 radical (unpaired) electrons. The first-order valence-corrected chi connectivity index (χ1v) is 5.23. The van der Waals surface area contributed by atoms with Crippen LogP contribution in [0.25, 0.3) is 0 Å². The molecule has 2 rings (SSSR count). The Balaban J connectivity index is 2.15. The Kier molecular flexibility index (Phi) is 2.59. The predicted octanol–water partition coefficient (Wildman–Crippen LogP) is 3.44. The summed E-state index contributed by atoms with van der Waals surface area (Å²) in [7, 11) is 0. The number of benzene rings is 1. The van der Waals surface area contributed by atoms with E-state index in [4.69, 9.17) is 4.52 Å². The maximum atomic E-state index is 4.99. The second-order valence-electron chi connectivity index (χ2n) is 3.19. The lowest BCUT2D eigenvalue weighted by atomic mass is 10.2. The molecule has 2 nitrogen and oxygen atoms in total. The lowest BCUT2D eigenvalue weighted by Gasteiger charge is -1.96. The molecular weight excluding hydrogens is 194 g/mol. The van der Waals surface area contributed by atoms with Gasteiger partial charge in [-0.15, -0.1) is 0 Å². The van der Waals surface area contributed by atoms with E-state index in [1.807, 2.05) is 13.0 Å². The van der Waals surface area contributed by atoms with E-state index >= 15 is 0 Å². The molecule has 1 heterocycles. The smallest absolute Gasteiger partial charge is 0.144 e. The number of aryl methyl sites for hydroxylation is 2. The first kappa shape index (κ1) is 9.34. The van der Waals surface area contributed by atoms with Gasteiger partial charge in [-0.05, 0) is 26.0 Å². The fourth-order valence-electron chi connectivity index (χ4n) is 1.12. The minimum atomic E-state index is 0.847. The highest BCUT2D eigenvalue weighted by molar-refractivity contribution is 7.99. The molecule has 0 unspecified atom stereocenters. The monoisotopic (exact) mass is 205 g/mol. The topological polar surface area (TPSA) is 26.0 Å². The zero-order valence-corrected chi connectivity index (χ0v) is 8.97. The second-order valence-corrected chi connectivity index (χ2v) is 4.28. The van der Waals surface area contributed by atoms with Crippen molar-refractivity contribution >= 4 is 11.8 Å². The quantitative estimate of drug-likeness (QED) is 0.751. The average Bonchev–Trinajstić information content (AvgIpc) is 2.56. The van der Waals surface area contributed by atoms with Gasteiger partial charge >= 0.3 is 0 Å². The van der Waals surface area contributed by atoms with Gasteiger partial charge in [-0.3, -0.25) is 0 Å². The predicted molar refractivity (Wildman–Crippen MR) is 56.5 cm³/mol. The number of rotatable bonds is 2. The first-order chi connectivity index (χ1) is 6.74. The summed E-state index contributed by atoms with van der Waals surface area (Å²) in [5, 5.41) is 4.83. The Hall–Kier alpha value is -1.22. The summed E-state index contributed by atoms with van der Waals surface area (Å²) < 4.78 is 4.99. The molecule has 0 aliphatic heterocycles. The Morgan fingerprint density at radius 1 is 1.14 bits per heavy atom. The van der Waals surface area contributed by atoms with Crippen LogP contribution in [0.1, 0.15) is 11.3 Å². The van der Waals surface area contributed by atoms with Crippen molar-refractivity contribution in [2.75, 3.05) is 0 Å². The first-order valence-electron chi connectivity index (χ1n) is 4.42. The van der Waals surface area contributed by atoms with Gasteiger partial charge in [-0.25, -0.2) is 0 Å². The van der Waals surface area contributed by atoms with Crippen LogP contribution in [0.2, 0.25) is 0 Å². The van der Waals surface area contributed by atoms with Crippen LogP contribution in [0.15, 0.2) is 44.8 Å². The Morgan fingerprint density at radius 3 is 2.43 bits per heavy atom. The normalized spacial score (nSPS) is 10.4. The molecule has 0 aliphatic rings. The fourth-order valence-corrected chi connectivity index (χ4v) is 1.93. The highest BCUT2D eigenvalue weighted by Gasteiger charge is 2.01. The molecule has 0 saturated carbocycles. The standard InChI is InChI=1S/C11H11NOS/c1-8-3-5-10(6-4-8)14-11-7-9(2)13-12-11/h3-7H,1-2H3. The van der Waals surface area contributed by atoms with Gasteiger partial charge in [0.2, 0.25) is 0 Å². The van der Waals surface area contributed by atoms with Gasteiger partial charge in [0.15, 0.2) is 0 Å². The third-order valence-corrected chi connectivity index (χ3v) is 2.76. The molecule has 0 bridgehead atoms. The fraction of sp³-hybridized carbons (Fsp3) is 0.182. The maximum Gasteiger partial charge on any atom is 0.144 e. The third kappa shape index (κ3) is 2.17. The second kappa shape index (κ2) is 3.88. The van der Waals surface area contributed by atoms with Crippen LogP contribution in [0.5, 0.6) is 0 Å². The van der Waals surface area contributed by atoms with Crippen molar-refractivity contribution in [2.45, 2.75) is 23.8 Å². The third-order valence-electron chi connectivity index (χ3n) is 1.85. The van der Waals surface area contributed by atoms with Crippen molar-refractivity contribution in [3.8, 4) is 0 Å². The van der Waals surface area contributed by atoms with E-state index in [9.17, 15) is 0 Å². The SMILES string of the molecule is Cc1ccc(Sc2cc(C)on2)cc1. The summed E-state index contributed by atoms with van der Waals surface area (Å²) in [4.78, 5) is 1.18.